The first-order chi connectivity index (χ1) is 14.6. The monoisotopic (exact) mass is 420 g/mol. The quantitative estimate of drug-likeness (QED) is 0.383. The maximum Gasteiger partial charge on any atom is 0.266 e. The van der Waals surface area contributed by atoms with Gasteiger partial charge in [-0.2, -0.15) is 0 Å². The van der Waals surface area contributed by atoms with Gasteiger partial charge in [-0.3, -0.25) is 19.1 Å². The molecule has 8 heteroatoms. The van der Waals surface area contributed by atoms with Crippen LogP contribution in [-0.2, 0) is 11.3 Å². The molecule has 2 aromatic carbocycles. The summed E-state index contributed by atoms with van der Waals surface area (Å²) in [7, 11) is 0. The lowest BCUT2D eigenvalue weighted by atomic mass is 10.2. The number of halogens is 1. The molecule has 1 amide bonds. The van der Waals surface area contributed by atoms with E-state index in [0.29, 0.717) is 27.3 Å². The van der Waals surface area contributed by atoms with E-state index in [0.717, 1.165) is 11.8 Å². The van der Waals surface area contributed by atoms with Gasteiger partial charge in [-0.15, -0.1) is 0 Å². The molecule has 1 N–H and O–H groups in total. The zero-order valence-electron chi connectivity index (χ0n) is 15.8. The van der Waals surface area contributed by atoms with Gasteiger partial charge in [-0.25, -0.2) is 9.37 Å². The highest BCUT2D eigenvalue weighted by Crippen LogP contribution is 2.20. The number of nitrogens with zero attached hydrogens (tertiary/aromatic N) is 3. The van der Waals surface area contributed by atoms with Crippen LogP contribution in [0.5, 0.6) is 0 Å². The lowest BCUT2D eigenvalue weighted by molar-refractivity contribution is -0.118. The summed E-state index contributed by atoms with van der Waals surface area (Å²) in [6.45, 7) is 0.0899. The molecule has 0 spiro atoms. The number of nitrogens with one attached hydrogen (secondary N) is 1. The van der Waals surface area contributed by atoms with Crippen LogP contribution in [0.25, 0.3) is 16.6 Å². The van der Waals surface area contributed by atoms with Crippen molar-refractivity contribution < 1.29 is 9.18 Å². The van der Waals surface area contributed by atoms with Crippen molar-refractivity contribution in [3.05, 3.63) is 94.8 Å². The fraction of sp³-hybridized carbons (Fsp3) is 0.0909. The van der Waals surface area contributed by atoms with Gasteiger partial charge in [0.25, 0.3) is 5.56 Å². The Balaban J connectivity index is 1.58. The molecule has 6 nitrogen and oxygen atoms in total. The van der Waals surface area contributed by atoms with Crippen LogP contribution in [0, 0.1) is 5.82 Å². The number of para-hydroxylation sites is 1. The first-order valence-electron chi connectivity index (χ1n) is 9.18. The van der Waals surface area contributed by atoms with Crippen molar-refractivity contribution in [2.45, 2.75) is 11.7 Å². The first kappa shape index (κ1) is 19.8. The standard InChI is InChI=1S/C22H17FN4O2S/c23-18-9-3-1-6-15(18)12-25-20(28)14-30-22-26-19-10-4-2-8-17(19)21(29)27(22)16-7-5-11-24-13-16/h1-11,13H,12,14H2,(H,25,28). The van der Waals surface area contributed by atoms with Gasteiger partial charge in [0.1, 0.15) is 5.82 Å². The van der Waals surface area contributed by atoms with Crippen LogP contribution in [0.15, 0.2) is 83.0 Å². The molecular formula is C22H17FN4O2S. The summed E-state index contributed by atoms with van der Waals surface area (Å²) in [5.74, 6) is -0.630. The summed E-state index contributed by atoms with van der Waals surface area (Å²) in [6, 6.07) is 16.8. The number of carbonyl (C=O) groups is 1. The molecule has 0 radical (unpaired) electrons. The largest absolute Gasteiger partial charge is 0.351 e. The molecule has 0 atom stereocenters. The number of hydrogen-bond acceptors (Lipinski definition) is 5. The summed E-state index contributed by atoms with van der Waals surface area (Å²) in [5, 5.41) is 3.56. The third-order valence-electron chi connectivity index (χ3n) is 4.42. The van der Waals surface area contributed by atoms with Gasteiger partial charge in [0.15, 0.2) is 5.16 Å². The molecule has 0 unspecified atom stereocenters. The molecule has 150 valence electrons. The number of hydrogen-bond donors (Lipinski definition) is 1. The Morgan fingerprint density at radius 2 is 1.87 bits per heavy atom. The third kappa shape index (κ3) is 4.23. The normalized spacial score (nSPS) is 10.8. The summed E-state index contributed by atoms with van der Waals surface area (Å²) >= 11 is 1.14. The Labute approximate surface area is 175 Å². The maximum atomic E-state index is 13.7. The number of benzene rings is 2. The molecule has 2 heterocycles. The average Bonchev–Trinajstić information content (AvgIpc) is 2.78. The van der Waals surface area contributed by atoms with Gasteiger partial charge < -0.3 is 5.32 Å². The highest BCUT2D eigenvalue weighted by molar-refractivity contribution is 7.99. The van der Waals surface area contributed by atoms with Crippen molar-refractivity contribution in [1.82, 2.24) is 19.9 Å². The minimum atomic E-state index is -0.368. The van der Waals surface area contributed by atoms with E-state index >= 15 is 0 Å². The predicted molar refractivity (Wildman–Crippen MR) is 114 cm³/mol. The topological polar surface area (TPSA) is 76.9 Å². The molecule has 0 aliphatic heterocycles. The zero-order valence-corrected chi connectivity index (χ0v) is 16.6. The maximum absolute atomic E-state index is 13.7. The number of thioether (sulfide) groups is 1. The zero-order chi connectivity index (χ0) is 20.9. The summed E-state index contributed by atoms with van der Waals surface area (Å²) in [5.41, 5.74) is 1.29. The SMILES string of the molecule is O=C(CSc1nc2ccccc2c(=O)n1-c1cccnc1)NCc1ccccc1F. The van der Waals surface area contributed by atoms with E-state index in [1.54, 1.807) is 67.0 Å². The van der Waals surface area contributed by atoms with Gasteiger partial charge in [0, 0.05) is 18.3 Å². The number of fused-ring (bicyclic) bond motifs is 1. The molecule has 2 aromatic heterocycles. The molecule has 0 fully saturated rings. The average molecular weight is 420 g/mol. The van der Waals surface area contributed by atoms with E-state index in [4.69, 9.17) is 0 Å². The summed E-state index contributed by atoms with van der Waals surface area (Å²) in [4.78, 5) is 34.1. The van der Waals surface area contributed by atoms with E-state index in [1.807, 2.05) is 0 Å². The number of carbonyl (C=O) groups excluding carboxylic acids is 1. The van der Waals surface area contributed by atoms with E-state index in [9.17, 15) is 14.0 Å². The lowest BCUT2D eigenvalue weighted by Crippen LogP contribution is -2.26. The predicted octanol–water partition coefficient (Wildman–Crippen LogP) is 3.33. The third-order valence-corrected chi connectivity index (χ3v) is 5.35. The molecular weight excluding hydrogens is 403 g/mol. The smallest absolute Gasteiger partial charge is 0.266 e. The van der Waals surface area contributed by atoms with Gasteiger partial charge in [0.2, 0.25) is 5.91 Å². The molecule has 0 bridgehead atoms. The van der Waals surface area contributed by atoms with Crippen molar-refractivity contribution in [3.63, 3.8) is 0 Å². The highest BCUT2D eigenvalue weighted by atomic mass is 32.2. The van der Waals surface area contributed by atoms with Crippen molar-refractivity contribution in [1.29, 1.82) is 0 Å². The van der Waals surface area contributed by atoms with Crippen LogP contribution in [0.2, 0.25) is 0 Å². The Hall–Kier alpha value is -3.52. The Morgan fingerprint density at radius 1 is 1.07 bits per heavy atom. The van der Waals surface area contributed by atoms with Gasteiger partial charge in [0.05, 0.1) is 28.5 Å². The van der Waals surface area contributed by atoms with E-state index in [2.05, 4.69) is 15.3 Å². The summed E-state index contributed by atoms with van der Waals surface area (Å²) in [6.07, 6.45) is 3.19. The molecule has 0 saturated heterocycles. The number of pyridine rings is 1. The first-order valence-corrected chi connectivity index (χ1v) is 10.2. The molecule has 0 aliphatic carbocycles. The second-order valence-electron chi connectivity index (χ2n) is 6.42. The van der Waals surface area contributed by atoms with Crippen molar-refractivity contribution in [2.24, 2.45) is 0 Å². The molecule has 4 rings (SSSR count). The molecule has 0 aliphatic rings. The van der Waals surface area contributed by atoms with Crippen LogP contribution in [0.1, 0.15) is 5.56 Å². The fourth-order valence-corrected chi connectivity index (χ4v) is 3.78. The number of amides is 1. The Morgan fingerprint density at radius 3 is 2.67 bits per heavy atom. The number of aromatic nitrogens is 3. The van der Waals surface area contributed by atoms with Crippen LogP contribution < -0.4 is 10.9 Å². The highest BCUT2D eigenvalue weighted by Gasteiger charge is 2.15. The van der Waals surface area contributed by atoms with Crippen molar-refractivity contribution in [3.8, 4) is 5.69 Å². The second-order valence-corrected chi connectivity index (χ2v) is 7.36. The van der Waals surface area contributed by atoms with Crippen LogP contribution in [0.3, 0.4) is 0 Å². The van der Waals surface area contributed by atoms with E-state index in [-0.39, 0.29) is 29.6 Å². The molecule has 0 saturated carbocycles. The Kier molecular flexibility index (Phi) is 5.85. The van der Waals surface area contributed by atoms with E-state index in [1.165, 1.54) is 10.6 Å². The fourth-order valence-electron chi connectivity index (χ4n) is 2.94. The van der Waals surface area contributed by atoms with Crippen LogP contribution in [-0.4, -0.2) is 26.2 Å². The molecule has 4 aromatic rings. The van der Waals surface area contributed by atoms with Crippen LogP contribution in [0.4, 0.5) is 4.39 Å². The van der Waals surface area contributed by atoms with Gasteiger partial charge in [-0.05, 0) is 30.3 Å². The Bertz CT molecular complexity index is 1260. The van der Waals surface area contributed by atoms with Crippen molar-refractivity contribution >= 4 is 28.6 Å². The molecule has 30 heavy (non-hydrogen) atoms. The summed E-state index contributed by atoms with van der Waals surface area (Å²) < 4.78 is 15.2. The van der Waals surface area contributed by atoms with Gasteiger partial charge >= 0.3 is 0 Å². The minimum absolute atomic E-state index is 0.0273. The van der Waals surface area contributed by atoms with Gasteiger partial charge in [-0.1, -0.05) is 42.1 Å². The minimum Gasteiger partial charge on any atom is -0.351 e. The number of rotatable bonds is 6. The van der Waals surface area contributed by atoms with Crippen LogP contribution >= 0.6 is 11.8 Å². The van der Waals surface area contributed by atoms with E-state index < -0.39 is 0 Å². The lowest BCUT2D eigenvalue weighted by Gasteiger charge is -2.13. The van der Waals surface area contributed by atoms with Crippen molar-refractivity contribution in [2.75, 3.05) is 5.75 Å². The second kappa shape index (κ2) is 8.87.